The van der Waals surface area contributed by atoms with Crippen LogP contribution >= 0.6 is 0 Å². The summed E-state index contributed by atoms with van der Waals surface area (Å²) in [7, 11) is 0. The van der Waals surface area contributed by atoms with Gasteiger partial charge in [0.1, 0.15) is 0 Å². The molecule has 0 saturated carbocycles. The molecule has 0 aromatic carbocycles. The van der Waals surface area contributed by atoms with E-state index >= 15 is 0 Å². The molecule has 0 aliphatic rings. The monoisotopic (exact) mass is 165 g/mol. The van der Waals surface area contributed by atoms with E-state index in [1.807, 2.05) is 6.07 Å². The summed E-state index contributed by atoms with van der Waals surface area (Å²) < 4.78 is 0. The molecule has 0 amide bonds. The highest BCUT2D eigenvalue weighted by Gasteiger charge is 2.14. The highest BCUT2D eigenvalue weighted by atomic mass is 15.1. The van der Waals surface area contributed by atoms with Crippen LogP contribution in [0, 0.1) is 0 Å². The van der Waals surface area contributed by atoms with Gasteiger partial charge >= 0.3 is 0 Å². The molecule has 0 unspecified atom stereocenters. The second kappa shape index (κ2) is 3.52. The first-order valence-corrected chi connectivity index (χ1v) is 4.19. The van der Waals surface area contributed by atoms with Gasteiger partial charge in [-0.15, -0.1) is 0 Å². The Morgan fingerprint density at radius 2 is 1.92 bits per heavy atom. The third-order valence-corrected chi connectivity index (χ3v) is 1.90. The van der Waals surface area contributed by atoms with Gasteiger partial charge in [0.05, 0.1) is 0 Å². The molecule has 0 atom stereocenters. The molecule has 12 heavy (non-hydrogen) atoms. The zero-order valence-corrected chi connectivity index (χ0v) is 7.83. The van der Waals surface area contributed by atoms with Gasteiger partial charge in [0.25, 0.3) is 0 Å². The van der Waals surface area contributed by atoms with Crippen molar-refractivity contribution < 1.29 is 0 Å². The molecule has 3 nitrogen and oxygen atoms in total. The third kappa shape index (κ3) is 2.49. The quantitative estimate of drug-likeness (QED) is 0.745. The molecular weight excluding hydrogens is 150 g/mol. The number of rotatable bonds is 3. The van der Waals surface area contributed by atoms with Crippen molar-refractivity contribution in [1.29, 1.82) is 0 Å². The fourth-order valence-corrected chi connectivity index (χ4v) is 0.755. The maximum Gasteiger partial charge on any atom is 0.222 e. The minimum Gasteiger partial charge on any atom is -0.349 e. The lowest BCUT2D eigenvalue weighted by Crippen LogP contribution is -2.30. The van der Waals surface area contributed by atoms with Crippen LogP contribution < -0.4 is 5.32 Å². The van der Waals surface area contributed by atoms with Gasteiger partial charge in [-0.3, -0.25) is 0 Å². The summed E-state index contributed by atoms with van der Waals surface area (Å²) in [6.45, 7) is 6.39. The Labute approximate surface area is 73.2 Å². The topological polar surface area (TPSA) is 37.8 Å². The highest BCUT2D eigenvalue weighted by molar-refractivity contribution is 5.26. The molecule has 1 rings (SSSR count). The van der Waals surface area contributed by atoms with Crippen LogP contribution in [0.4, 0.5) is 5.95 Å². The Hall–Kier alpha value is -1.12. The Bertz CT molecular complexity index is 231. The largest absolute Gasteiger partial charge is 0.349 e. The lowest BCUT2D eigenvalue weighted by atomic mass is 10.0. The van der Waals surface area contributed by atoms with Crippen LogP contribution in [0.2, 0.25) is 0 Å². The normalized spacial score (nSPS) is 11.2. The molecule has 0 saturated heterocycles. The van der Waals surface area contributed by atoms with E-state index in [0.29, 0.717) is 5.95 Å². The van der Waals surface area contributed by atoms with Crippen LogP contribution in [0.15, 0.2) is 18.5 Å². The average Bonchev–Trinajstić information content (AvgIpc) is 2.06. The maximum absolute atomic E-state index is 4.09. The molecular formula is C9H15N3. The average molecular weight is 165 g/mol. The summed E-state index contributed by atoms with van der Waals surface area (Å²) in [4.78, 5) is 8.18. The molecule has 0 fully saturated rings. The van der Waals surface area contributed by atoms with Gasteiger partial charge < -0.3 is 5.32 Å². The summed E-state index contributed by atoms with van der Waals surface area (Å²) in [6, 6.07) is 1.81. The number of nitrogens with one attached hydrogen (secondary N) is 1. The lowest BCUT2D eigenvalue weighted by Gasteiger charge is -2.23. The molecule has 0 aliphatic heterocycles. The molecule has 1 aromatic heterocycles. The van der Waals surface area contributed by atoms with Gasteiger partial charge in [-0.2, -0.15) is 0 Å². The number of aromatic nitrogens is 2. The van der Waals surface area contributed by atoms with Crippen LogP contribution in [0.3, 0.4) is 0 Å². The maximum atomic E-state index is 4.09. The zero-order valence-electron chi connectivity index (χ0n) is 7.83. The van der Waals surface area contributed by atoms with E-state index in [1.165, 1.54) is 0 Å². The SMILES string of the molecule is CCC(C)(C)Nc1ncccn1. The van der Waals surface area contributed by atoms with Gasteiger partial charge in [0.15, 0.2) is 0 Å². The summed E-state index contributed by atoms with van der Waals surface area (Å²) >= 11 is 0. The Balaban J connectivity index is 2.64. The predicted octanol–water partition coefficient (Wildman–Crippen LogP) is 2.08. The van der Waals surface area contributed by atoms with Crippen LogP contribution in [0.1, 0.15) is 27.2 Å². The fourth-order valence-electron chi connectivity index (χ4n) is 0.755. The number of nitrogens with zero attached hydrogens (tertiary/aromatic N) is 2. The minimum absolute atomic E-state index is 0.0708. The van der Waals surface area contributed by atoms with Crippen molar-refractivity contribution in [3.63, 3.8) is 0 Å². The summed E-state index contributed by atoms with van der Waals surface area (Å²) in [5.74, 6) is 0.698. The lowest BCUT2D eigenvalue weighted by molar-refractivity contribution is 0.542. The molecule has 0 bridgehead atoms. The zero-order chi connectivity index (χ0) is 9.03. The second-order valence-corrected chi connectivity index (χ2v) is 3.43. The van der Waals surface area contributed by atoms with Crippen molar-refractivity contribution in [1.82, 2.24) is 9.97 Å². The number of hydrogen-bond donors (Lipinski definition) is 1. The Morgan fingerprint density at radius 1 is 1.33 bits per heavy atom. The first kappa shape index (κ1) is 8.97. The van der Waals surface area contributed by atoms with Crippen LogP contribution in [-0.4, -0.2) is 15.5 Å². The van der Waals surface area contributed by atoms with Crippen molar-refractivity contribution in [3.8, 4) is 0 Å². The van der Waals surface area contributed by atoms with Gasteiger partial charge in [-0.05, 0) is 26.3 Å². The van der Waals surface area contributed by atoms with Gasteiger partial charge in [0, 0.05) is 17.9 Å². The molecule has 1 N–H and O–H groups in total. The summed E-state index contributed by atoms with van der Waals surface area (Å²) in [6.07, 6.45) is 4.52. The van der Waals surface area contributed by atoms with E-state index in [2.05, 4.69) is 36.1 Å². The molecule has 3 heteroatoms. The molecule has 0 radical (unpaired) electrons. The fraction of sp³-hybridized carbons (Fsp3) is 0.556. The standard InChI is InChI=1S/C9H15N3/c1-4-9(2,3)12-8-10-6-5-7-11-8/h5-7H,4H2,1-3H3,(H,10,11,12). The van der Waals surface area contributed by atoms with Crippen molar-refractivity contribution >= 4 is 5.95 Å². The second-order valence-electron chi connectivity index (χ2n) is 3.43. The van der Waals surface area contributed by atoms with Crippen molar-refractivity contribution in [2.45, 2.75) is 32.7 Å². The highest BCUT2D eigenvalue weighted by Crippen LogP contribution is 2.12. The van der Waals surface area contributed by atoms with E-state index in [0.717, 1.165) is 6.42 Å². The number of hydrogen-bond acceptors (Lipinski definition) is 3. The smallest absolute Gasteiger partial charge is 0.222 e. The minimum atomic E-state index is 0.0708. The Kier molecular flexibility index (Phi) is 2.63. The van der Waals surface area contributed by atoms with Crippen molar-refractivity contribution in [3.05, 3.63) is 18.5 Å². The van der Waals surface area contributed by atoms with Gasteiger partial charge in [0.2, 0.25) is 5.95 Å². The summed E-state index contributed by atoms with van der Waals surface area (Å²) in [5.41, 5.74) is 0.0708. The first-order chi connectivity index (χ1) is 5.64. The van der Waals surface area contributed by atoms with Crippen molar-refractivity contribution in [2.24, 2.45) is 0 Å². The van der Waals surface area contributed by atoms with E-state index in [-0.39, 0.29) is 5.54 Å². The molecule has 0 spiro atoms. The number of anilines is 1. The predicted molar refractivity (Wildman–Crippen MR) is 50.0 cm³/mol. The van der Waals surface area contributed by atoms with Gasteiger partial charge in [-0.25, -0.2) is 9.97 Å². The van der Waals surface area contributed by atoms with E-state index in [9.17, 15) is 0 Å². The van der Waals surface area contributed by atoms with Gasteiger partial charge in [-0.1, -0.05) is 6.92 Å². The molecule has 66 valence electrons. The molecule has 0 aliphatic carbocycles. The van der Waals surface area contributed by atoms with Crippen molar-refractivity contribution in [2.75, 3.05) is 5.32 Å². The first-order valence-electron chi connectivity index (χ1n) is 4.19. The van der Waals surface area contributed by atoms with E-state index < -0.39 is 0 Å². The van der Waals surface area contributed by atoms with E-state index in [1.54, 1.807) is 12.4 Å². The van der Waals surface area contributed by atoms with Crippen LogP contribution in [0.5, 0.6) is 0 Å². The van der Waals surface area contributed by atoms with Crippen LogP contribution in [-0.2, 0) is 0 Å². The third-order valence-electron chi connectivity index (χ3n) is 1.90. The van der Waals surface area contributed by atoms with Crippen LogP contribution in [0.25, 0.3) is 0 Å². The Morgan fingerprint density at radius 3 is 2.42 bits per heavy atom. The molecule has 1 heterocycles. The summed E-state index contributed by atoms with van der Waals surface area (Å²) in [5, 5.41) is 3.25. The molecule has 1 aromatic rings. The van der Waals surface area contributed by atoms with E-state index in [4.69, 9.17) is 0 Å².